The SMILES string of the molecule is COC[C@H]1CC2(CCN(Cc3ccco3)CC2)CN1S(C)(=O)=O. The summed E-state index contributed by atoms with van der Waals surface area (Å²) >= 11 is 0. The molecule has 3 heterocycles. The van der Waals surface area contributed by atoms with Crippen molar-refractivity contribution in [2.24, 2.45) is 5.41 Å². The third kappa shape index (κ3) is 3.79. The zero-order valence-corrected chi connectivity index (χ0v) is 14.7. The molecule has 2 saturated heterocycles. The quantitative estimate of drug-likeness (QED) is 0.812. The summed E-state index contributed by atoms with van der Waals surface area (Å²) in [4.78, 5) is 2.39. The number of hydrogen-bond donors (Lipinski definition) is 0. The van der Waals surface area contributed by atoms with Gasteiger partial charge < -0.3 is 9.15 Å². The average molecular weight is 342 g/mol. The Morgan fingerprint density at radius 2 is 2.13 bits per heavy atom. The Hall–Kier alpha value is -0.890. The molecule has 6 nitrogen and oxygen atoms in total. The fourth-order valence-corrected chi connectivity index (χ4v) is 5.20. The molecule has 0 bridgehead atoms. The lowest BCUT2D eigenvalue weighted by molar-refractivity contribution is 0.100. The topological polar surface area (TPSA) is 63.0 Å². The number of furan rings is 1. The molecule has 7 heteroatoms. The van der Waals surface area contributed by atoms with Crippen LogP contribution in [0.25, 0.3) is 0 Å². The highest BCUT2D eigenvalue weighted by Crippen LogP contribution is 2.44. The van der Waals surface area contributed by atoms with Crippen LogP contribution in [0.2, 0.25) is 0 Å². The van der Waals surface area contributed by atoms with Gasteiger partial charge in [0.05, 0.1) is 25.7 Å². The molecule has 2 aliphatic heterocycles. The maximum atomic E-state index is 12.1. The molecule has 0 amide bonds. The molecule has 1 aromatic rings. The van der Waals surface area contributed by atoms with Crippen LogP contribution >= 0.6 is 0 Å². The smallest absolute Gasteiger partial charge is 0.211 e. The maximum absolute atomic E-state index is 12.1. The van der Waals surface area contributed by atoms with Crippen molar-refractivity contribution in [3.63, 3.8) is 0 Å². The largest absolute Gasteiger partial charge is 0.468 e. The lowest BCUT2D eigenvalue weighted by atomic mass is 9.76. The monoisotopic (exact) mass is 342 g/mol. The van der Waals surface area contributed by atoms with E-state index >= 15 is 0 Å². The number of rotatable bonds is 5. The van der Waals surface area contributed by atoms with E-state index in [9.17, 15) is 8.42 Å². The summed E-state index contributed by atoms with van der Waals surface area (Å²) in [5.74, 6) is 0.988. The van der Waals surface area contributed by atoms with Gasteiger partial charge in [-0.15, -0.1) is 0 Å². The van der Waals surface area contributed by atoms with Gasteiger partial charge >= 0.3 is 0 Å². The summed E-state index contributed by atoms with van der Waals surface area (Å²) in [7, 11) is -1.54. The first-order valence-electron chi connectivity index (χ1n) is 8.12. The van der Waals surface area contributed by atoms with Crippen molar-refractivity contribution in [1.82, 2.24) is 9.21 Å². The van der Waals surface area contributed by atoms with Crippen molar-refractivity contribution in [1.29, 1.82) is 0 Å². The molecule has 0 N–H and O–H groups in total. The van der Waals surface area contributed by atoms with Crippen molar-refractivity contribution in [3.05, 3.63) is 24.2 Å². The van der Waals surface area contributed by atoms with Crippen molar-refractivity contribution >= 4 is 10.0 Å². The third-order valence-corrected chi connectivity index (χ3v) is 6.51. The van der Waals surface area contributed by atoms with E-state index in [0.29, 0.717) is 13.2 Å². The van der Waals surface area contributed by atoms with Gasteiger partial charge in [0.15, 0.2) is 0 Å². The standard InChI is InChI=1S/C16H26N2O4S/c1-21-12-14-10-16(13-18(14)23(2,19)20)5-7-17(8-6-16)11-15-4-3-9-22-15/h3-4,9,14H,5-8,10-13H2,1-2H3/t14-/m1/s1. The number of piperidine rings is 1. The predicted octanol–water partition coefficient (Wildman–Crippen LogP) is 1.54. The average Bonchev–Trinajstić information content (AvgIpc) is 3.10. The van der Waals surface area contributed by atoms with E-state index in [0.717, 1.165) is 44.7 Å². The van der Waals surface area contributed by atoms with E-state index in [4.69, 9.17) is 9.15 Å². The molecule has 0 aromatic carbocycles. The van der Waals surface area contributed by atoms with Crippen LogP contribution in [0.1, 0.15) is 25.0 Å². The molecule has 0 saturated carbocycles. The molecule has 1 aromatic heterocycles. The van der Waals surface area contributed by atoms with Crippen LogP contribution in [0, 0.1) is 5.41 Å². The maximum Gasteiger partial charge on any atom is 0.211 e. The fraction of sp³-hybridized carbons (Fsp3) is 0.750. The van der Waals surface area contributed by atoms with Gasteiger partial charge in [-0.1, -0.05) is 0 Å². The predicted molar refractivity (Wildman–Crippen MR) is 87.5 cm³/mol. The minimum Gasteiger partial charge on any atom is -0.468 e. The van der Waals surface area contributed by atoms with Gasteiger partial charge in [-0.05, 0) is 49.9 Å². The minimum atomic E-state index is -3.18. The molecule has 1 atom stereocenters. The first-order chi connectivity index (χ1) is 10.9. The molecule has 2 fully saturated rings. The Balaban J connectivity index is 1.63. The lowest BCUT2D eigenvalue weighted by Gasteiger charge is -2.39. The van der Waals surface area contributed by atoms with Crippen LogP contribution in [0.3, 0.4) is 0 Å². The number of hydrogen-bond acceptors (Lipinski definition) is 5. The molecular weight excluding hydrogens is 316 g/mol. The number of sulfonamides is 1. The Morgan fingerprint density at radius 1 is 1.39 bits per heavy atom. The zero-order chi connectivity index (χ0) is 16.5. The Labute approximate surface area is 138 Å². The Morgan fingerprint density at radius 3 is 2.70 bits per heavy atom. The normalized spacial score (nSPS) is 26.1. The van der Waals surface area contributed by atoms with E-state index < -0.39 is 10.0 Å². The van der Waals surface area contributed by atoms with Crippen LogP contribution in [-0.4, -0.2) is 63.3 Å². The molecule has 1 spiro atoms. The van der Waals surface area contributed by atoms with Gasteiger partial charge in [0.25, 0.3) is 0 Å². The van der Waals surface area contributed by atoms with E-state index in [2.05, 4.69) is 4.90 Å². The van der Waals surface area contributed by atoms with Crippen molar-refractivity contribution < 1.29 is 17.6 Å². The highest BCUT2D eigenvalue weighted by molar-refractivity contribution is 7.88. The first-order valence-corrected chi connectivity index (χ1v) is 9.97. The van der Waals surface area contributed by atoms with E-state index in [1.165, 1.54) is 6.26 Å². The number of methoxy groups -OCH3 is 1. The third-order valence-electron chi connectivity index (χ3n) is 5.23. The van der Waals surface area contributed by atoms with Crippen molar-refractivity contribution in [2.45, 2.75) is 31.8 Å². The lowest BCUT2D eigenvalue weighted by Crippen LogP contribution is -2.42. The molecule has 0 radical (unpaired) electrons. The summed E-state index contributed by atoms with van der Waals surface area (Å²) in [5, 5.41) is 0. The number of likely N-dealkylation sites (tertiary alicyclic amines) is 1. The molecular formula is C16H26N2O4S. The Bertz CT molecular complexity index is 606. The van der Waals surface area contributed by atoms with Crippen LogP contribution in [0.5, 0.6) is 0 Å². The number of ether oxygens (including phenoxy) is 1. The second-order valence-corrected chi connectivity index (χ2v) is 8.91. The summed E-state index contributed by atoms with van der Waals surface area (Å²) in [6.45, 7) is 3.91. The Kier molecular flexibility index (Phi) is 4.83. The first kappa shape index (κ1) is 17.0. The highest BCUT2D eigenvalue weighted by atomic mass is 32.2. The van der Waals surface area contributed by atoms with Gasteiger partial charge in [-0.2, -0.15) is 4.31 Å². The number of nitrogens with zero attached hydrogens (tertiary/aromatic N) is 2. The second kappa shape index (κ2) is 6.55. The van der Waals surface area contributed by atoms with Gasteiger partial charge in [-0.3, -0.25) is 4.90 Å². The van der Waals surface area contributed by atoms with E-state index in [1.54, 1.807) is 17.7 Å². The van der Waals surface area contributed by atoms with Crippen LogP contribution in [0.15, 0.2) is 22.8 Å². The minimum absolute atomic E-state index is 0.0216. The molecule has 2 aliphatic rings. The summed E-state index contributed by atoms with van der Waals surface area (Å²) in [5.41, 5.74) is 0.103. The summed E-state index contributed by atoms with van der Waals surface area (Å²) in [6, 6.07) is 3.89. The van der Waals surface area contributed by atoms with Gasteiger partial charge in [-0.25, -0.2) is 8.42 Å². The molecule has 130 valence electrons. The summed E-state index contributed by atoms with van der Waals surface area (Å²) in [6.07, 6.45) is 5.97. The molecule has 3 rings (SSSR count). The van der Waals surface area contributed by atoms with Crippen LogP contribution < -0.4 is 0 Å². The van der Waals surface area contributed by atoms with E-state index in [1.807, 2.05) is 12.1 Å². The molecule has 0 aliphatic carbocycles. The fourth-order valence-electron chi connectivity index (χ4n) is 4.02. The molecule has 23 heavy (non-hydrogen) atoms. The molecule has 0 unspecified atom stereocenters. The van der Waals surface area contributed by atoms with E-state index in [-0.39, 0.29) is 11.5 Å². The zero-order valence-electron chi connectivity index (χ0n) is 13.9. The van der Waals surface area contributed by atoms with Gasteiger partial charge in [0, 0.05) is 19.7 Å². The second-order valence-electron chi connectivity index (χ2n) is 6.98. The summed E-state index contributed by atoms with van der Waals surface area (Å²) < 4.78 is 36.5. The van der Waals surface area contributed by atoms with Crippen LogP contribution in [-0.2, 0) is 21.3 Å². The van der Waals surface area contributed by atoms with Crippen molar-refractivity contribution in [3.8, 4) is 0 Å². The van der Waals surface area contributed by atoms with Gasteiger partial charge in [0.2, 0.25) is 10.0 Å². The van der Waals surface area contributed by atoms with Crippen molar-refractivity contribution in [2.75, 3.05) is 39.6 Å². The van der Waals surface area contributed by atoms with Gasteiger partial charge in [0.1, 0.15) is 5.76 Å². The van der Waals surface area contributed by atoms with Crippen LogP contribution in [0.4, 0.5) is 0 Å². The highest BCUT2D eigenvalue weighted by Gasteiger charge is 2.48.